The van der Waals surface area contributed by atoms with Gasteiger partial charge in [0.15, 0.2) is 0 Å². The van der Waals surface area contributed by atoms with Gasteiger partial charge in [-0.2, -0.15) is 0 Å². The Bertz CT molecular complexity index is 174. The Labute approximate surface area is 91.0 Å². The van der Waals surface area contributed by atoms with Crippen molar-refractivity contribution in [2.24, 2.45) is 5.73 Å². The van der Waals surface area contributed by atoms with Crippen molar-refractivity contribution < 1.29 is 14.6 Å². The van der Waals surface area contributed by atoms with Crippen molar-refractivity contribution in [3.8, 4) is 0 Å². The molecule has 0 aromatic heterocycles. The molecule has 15 heavy (non-hydrogen) atoms. The highest BCUT2D eigenvalue weighted by atomic mass is 16.5. The maximum absolute atomic E-state index is 11.3. The van der Waals surface area contributed by atoms with Gasteiger partial charge in [-0.1, -0.05) is 0 Å². The first-order valence-corrected chi connectivity index (χ1v) is 5.28. The number of amides is 1. The SMILES string of the molecule is COCCC(N)C(=O)NCCCC(C)O. The minimum atomic E-state index is -0.503. The summed E-state index contributed by atoms with van der Waals surface area (Å²) in [6.45, 7) is 2.78. The summed E-state index contributed by atoms with van der Waals surface area (Å²) in [5, 5.41) is 11.7. The average Bonchev–Trinajstić information content (AvgIpc) is 2.20. The Hall–Kier alpha value is -0.650. The number of nitrogens with two attached hydrogens (primary N) is 1. The third kappa shape index (κ3) is 8.35. The molecule has 2 atom stereocenters. The monoisotopic (exact) mass is 218 g/mol. The fourth-order valence-corrected chi connectivity index (χ4v) is 1.12. The number of carbonyl (C=O) groups is 1. The van der Waals surface area contributed by atoms with Gasteiger partial charge >= 0.3 is 0 Å². The molecule has 0 bridgehead atoms. The smallest absolute Gasteiger partial charge is 0.237 e. The van der Waals surface area contributed by atoms with Crippen LogP contribution in [0.4, 0.5) is 0 Å². The molecule has 0 aromatic rings. The highest BCUT2D eigenvalue weighted by Gasteiger charge is 2.11. The van der Waals surface area contributed by atoms with E-state index in [-0.39, 0.29) is 12.0 Å². The second-order valence-electron chi connectivity index (χ2n) is 3.67. The zero-order valence-corrected chi connectivity index (χ0v) is 9.53. The van der Waals surface area contributed by atoms with E-state index in [9.17, 15) is 4.79 Å². The fourth-order valence-electron chi connectivity index (χ4n) is 1.12. The third-order valence-electron chi connectivity index (χ3n) is 2.07. The van der Waals surface area contributed by atoms with Crippen LogP contribution in [0.3, 0.4) is 0 Å². The van der Waals surface area contributed by atoms with Crippen molar-refractivity contribution in [2.45, 2.75) is 38.3 Å². The van der Waals surface area contributed by atoms with Crippen LogP contribution in [-0.2, 0) is 9.53 Å². The molecule has 0 aliphatic rings. The molecule has 5 nitrogen and oxygen atoms in total. The predicted molar refractivity (Wildman–Crippen MR) is 58.4 cm³/mol. The van der Waals surface area contributed by atoms with Gasteiger partial charge in [-0.05, 0) is 26.2 Å². The van der Waals surface area contributed by atoms with Crippen molar-refractivity contribution in [3.05, 3.63) is 0 Å². The molecule has 0 spiro atoms. The number of hydrogen-bond acceptors (Lipinski definition) is 4. The molecule has 4 N–H and O–H groups in total. The highest BCUT2D eigenvalue weighted by Crippen LogP contribution is 1.94. The molecule has 0 fully saturated rings. The first-order valence-electron chi connectivity index (χ1n) is 5.28. The molecule has 90 valence electrons. The zero-order chi connectivity index (χ0) is 11.7. The quantitative estimate of drug-likeness (QED) is 0.485. The Morgan fingerprint density at radius 2 is 2.20 bits per heavy atom. The molecule has 0 rings (SSSR count). The maximum atomic E-state index is 11.3. The number of rotatable bonds is 8. The maximum Gasteiger partial charge on any atom is 0.237 e. The number of hydrogen-bond donors (Lipinski definition) is 3. The van der Waals surface area contributed by atoms with Crippen LogP contribution in [0.15, 0.2) is 0 Å². The number of methoxy groups -OCH3 is 1. The largest absolute Gasteiger partial charge is 0.393 e. The second kappa shape index (κ2) is 8.64. The van der Waals surface area contributed by atoms with E-state index >= 15 is 0 Å². The van der Waals surface area contributed by atoms with Crippen LogP contribution in [0, 0.1) is 0 Å². The Morgan fingerprint density at radius 1 is 1.53 bits per heavy atom. The first-order chi connectivity index (χ1) is 7.07. The van der Waals surface area contributed by atoms with Gasteiger partial charge in [-0.3, -0.25) is 4.79 Å². The minimum Gasteiger partial charge on any atom is -0.393 e. The van der Waals surface area contributed by atoms with E-state index in [2.05, 4.69) is 5.32 Å². The molecular formula is C10H22N2O3. The van der Waals surface area contributed by atoms with E-state index in [1.54, 1.807) is 14.0 Å². The summed E-state index contributed by atoms with van der Waals surface area (Å²) < 4.78 is 4.83. The molecule has 5 heteroatoms. The molecule has 2 unspecified atom stereocenters. The Kier molecular flexibility index (Phi) is 8.27. The van der Waals surface area contributed by atoms with E-state index in [0.29, 0.717) is 26.0 Å². The van der Waals surface area contributed by atoms with E-state index in [1.807, 2.05) is 0 Å². The molecule has 0 aliphatic heterocycles. The molecule has 0 saturated carbocycles. The van der Waals surface area contributed by atoms with Gasteiger partial charge < -0.3 is 20.9 Å². The fraction of sp³-hybridized carbons (Fsp3) is 0.900. The molecular weight excluding hydrogens is 196 g/mol. The summed E-state index contributed by atoms with van der Waals surface area (Å²) in [6, 6.07) is -0.503. The topological polar surface area (TPSA) is 84.6 Å². The molecule has 0 aliphatic carbocycles. The van der Waals surface area contributed by atoms with Crippen molar-refractivity contribution >= 4 is 5.91 Å². The van der Waals surface area contributed by atoms with Crippen LogP contribution < -0.4 is 11.1 Å². The predicted octanol–water partition coefficient (Wildman–Crippen LogP) is -0.373. The zero-order valence-electron chi connectivity index (χ0n) is 9.53. The molecule has 0 aromatic carbocycles. The second-order valence-corrected chi connectivity index (χ2v) is 3.67. The highest BCUT2D eigenvalue weighted by molar-refractivity contribution is 5.81. The van der Waals surface area contributed by atoms with Crippen LogP contribution in [0.1, 0.15) is 26.2 Å². The standard InChI is InChI=1S/C10H22N2O3/c1-8(13)4-3-6-12-10(14)9(11)5-7-15-2/h8-9,13H,3-7,11H2,1-2H3,(H,12,14). The number of nitrogens with one attached hydrogen (secondary N) is 1. The summed E-state index contributed by atoms with van der Waals surface area (Å²) in [6.07, 6.45) is 1.66. The van der Waals surface area contributed by atoms with Crippen LogP contribution in [0.25, 0.3) is 0 Å². The van der Waals surface area contributed by atoms with Gasteiger partial charge in [0.1, 0.15) is 0 Å². The van der Waals surface area contributed by atoms with Gasteiger partial charge in [0.2, 0.25) is 5.91 Å². The van der Waals surface area contributed by atoms with Crippen LogP contribution in [0.2, 0.25) is 0 Å². The number of ether oxygens (including phenoxy) is 1. The van der Waals surface area contributed by atoms with Gasteiger partial charge in [0.05, 0.1) is 12.1 Å². The van der Waals surface area contributed by atoms with Crippen molar-refractivity contribution in [3.63, 3.8) is 0 Å². The van der Waals surface area contributed by atoms with Crippen LogP contribution >= 0.6 is 0 Å². The van der Waals surface area contributed by atoms with E-state index in [0.717, 1.165) is 6.42 Å². The number of aliphatic hydroxyl groups is 1. The number of aliphatic hydroxyl groups excluding tert-OH is 1. The van der Waals surface area contributed by atoms with Gasteiger partial charge in [-0.15, -0.1) is 0 Å². The summed E-state index contributed by atoms with van der Waals surface area (Å²) in [4.78, 5) is 11.3. The average molecular weight is 218 g/mol. The summed E-state index contributed by atoms with van der Waals surface area (Å²) >= 11 is 0. The van der Waals surface area contributed by atoms with Crippen molar-refractivity contribution in [2.75, 3.05) is 20.3 Å². The van der Waals surface area contributed by atoms with Gasteiger partial charge in [0.25, 0.3) is 0 Å². The summed E-state index contributed by atoms with van der Waals surface area (Å²) in [5.41, 5.74) is 5.60. The molecule has 0 radical (unpaired) electrons. The molecule has 0 heterocycles. The number of carbonyl (C=O) groups excluding carboxylic acids is 1. The summed E-state index contributed by atoms with van der Waals surface area (Å²) in [7, 11) is 1.58. The van der Waals surface area contributed by atoms with Gasteiger partial charge in [0, 0.05) is 20.3 Å². The Balaban J connectivity index is 3.47. The van der Waals surface area contributed by atoms with E-state index < -0.39 is 6.04 Å². The summed E-state index contributed by atoms with van der Waals surface area (Å²) in [5.74, 6) is -0.155. The van der Waals surface area contributed by atoms with Crippen molar-refractivity contribution in [1.82, 2.24) is 5.32 Å². The lowest BCUT2D eigenvalue weighted by atomic mass is 10.2. The molecule has 0 saturated heterocycles. The van der Waals surface area contributed by atoms with E-state index in [4.69, 9.17) is 15.6 Å². The normalized spacial score (nSPS) is 14.7. The first kappa shape index (κ1) is 14.3. The van der Waals surface area contributed by atoms with E-state index in [1.165, 1.54) is 0 Å². The third-order valence-corrected chi connectivity index (χ3v) is 2.07. The van der Waals surface area contributed by atoms with Crippen molar-refractivity contribution in [1.29, 1.82) is 0 Å². The lowest BCUT2D eigenvalue weighted by molar-refractivity contribution is -0.122. The molecule has 1 amide bonds. The lowest BCUT2D eigenvalue weighted by Gasteiger charge is -2.11. The Morgan fingerprint density at radius 3 is 2.73 bits per heavy atom. The van der Waals surface area contributed by atoms with Crippen LogP contribution in [0.5, 0.6) is 0 Å². The lowest BCUT2D eigenvalue weighted by Crippen LogP contribution is -2.41. The van der Waals surface area contributed by atoms with Gasteiger partial charge in [-0.25, -0.2) is 0 Å². The minimum absolute atomic E-state index is 0.155. The van der Waals surface area contributed by atoms with Crippen LogP contribution in [-0.4, -0.2) is 43.4 Å².